The summed E-state index contributed by atoms with van der Waals surface area (Å²) in [6.07, 6.45) is 2.00. The number of rotatable bonds is 3. The number of halogens is 2. The molecule has 0 aliphatic heterocycles. The molecule has 1 aromatic carbocycles. The fraction of sp³-hybridized carbons (Fsp3) is 0.154. The first-order valence-corrected chi connectivity index (χ1v) is 8.43. The molecule has 19 heavy (non-hydrogen) atoms. The van der Waals surface area contributed by atoms with Crippen LogP contribution in [-0.4, -0.2) is 9.38 Å². The zero-order valence-corrected chi connectivity index (χ0v) is 14.0. The van der Waals surface area contributed by atoms with Crippen molar-refractivity contribution in [2.75, 3.05) is 0 Å². The standard InChI is InChI=1S/C13H10Br2N2OS/c1-8-6-9(15)2-3-11(8)18-12-10(7-14)17-4-5-19-13(17)16-12/h2-6H,7H2,1H3. The molecule has 3 aromatic rings. The van der Waals surface area contributed by atoms with E-state index in [0.717, 1.165) is 26.4 Å². The van der Waals surface area contributed by atoms with Crippen molar-refractivity contribution in [1.82, 2.24) is 9.38 Å². The van der Waals surface area contributed by atoms with E-state index in [1.807, 2.05) is 41.1 Å². The minimum atomic E-state index is 0.661. The minimum absolute atomic E-state index is 0.661. The summed E-state index contributed by atoms with van der Waals surface area (Å²) in [6.45, 7) is 2.02. The van der Waals surface area contributed by atoms with E-state index >= 15 is 0 Å². The third-order valence-corrected chi connectivity index (χ3v) is 4.58. The van der Waals surface area contributed by atoms with Crippen molar-refractivity contribution in [2.24, 2.45) is 0 Å². The van der Waals surface area contributed by atoms with Crippen LogP contribution >= 0.6 is 43.2 Å². The van der Waals surface area contributed by atoms with Crippen LogP contribution < -0.4 is 4.74 Å². The summed E-state index contributed by atoms with van der Waals surface area (Å²) in [5.41, 5.74) is 2.10. The summed E-state index contributed by atoms with van der Waals surface area (Å²) in [7, 11) is 0. The number of hydrogen-bond donors (Lipinski definition) is 0. The Labute approximate surface area is 131 Å². The SMILES string of the molecule is Cc1cc(Br)ccc1Oc1nc2sccn2c1CBr. The van der Waals surface area contributed by atoms with Crippen molar-refractivity contribution < 1.29 is 4.74 Å². The van der Waals surface area contributed by atoms with E-state index in [0.29, 0.717) is 11.2 Å². The summed E-state index contributed by atoms with van der Waals surface area (Å²) < 4.78 is 9.04. The molecule has 6 heteroatoms. The highest BCUT2D eigenvalue weighted by Crippen LogP contribution is 2.31. The van der Waals surface area contributed by atoms with Crippen LogP contribution in [0.2, 0.25) is 0 Å². The number of thiazole rings is 1. The van der Waals surface area contributed by atoms with E-state index < -0.39 is 0 Å². The molecule has 0 radical (unpaired) electrons. The third kappa shape index (κ3) is 2.44. The zero-order chi connectivity index (χ0) is 13.4. The van der Waals surface area contributed by atoms with Gasteiger partial charge in [-0.25, -0.2) is 0 Å². The molecule has 0 bridgehead atoms. The van der Waals surface area contributed by atoms with E-state index in [1.54, 1.807) is 11.3 Å². The molecule has 98 valence electrons. The highest BCUT2D eigenvalue weighted by molar-refractivity contribution is 9.10. The van der Waals surface area contributed by atoms with E-state index in [4.69, 9.17) is 4.74 Å². The Hall–Kier alpha value is -0.850. The van der Waals surface area contributed by atoms with Gasteiger partial charge in [-0.05, 0) is 30.7 Å². The smallest absolute Gasteiger partial charge is 0.243 e. The number of aromatic nitrogens is 2. The van der Waals surface area contributed by atoms with Crippen LogP contribution in [0.5, 0.6) is 11.6 Å². The van der Waals surface area contributed by atoms with Crippen LogP contribution in [0, 0.1) is 6.92 Å². The Bertz CT molecular complexity index is 735. The van der Waals surface area contributed by atoms with Gasteiger partial charge in [0.1, 0.15) is 5.75 Å². The molecular weight excluding hydrogens is 392 g/mol. The van der Waals surface area contributed by atoms with Gasteiger partial charge >= 0.3 is 0 Å². The molecule has 0 atom stereocenters. The number of imidazole rings is 1. The Morgan fingerprint density at radius 3 is 3.00 bits per heavy atom. The van der Waals surface area contributed by atoms with E-state index in [2.05, 4.69) is 36.8 Å². The lowest BCUT2D eigenvalue weighted by molar-refractivity contribution is 0.458. The zero-order valence-electron chi connectivity index (χ0n) is 10.1. The summed E-state index contributed by atoms with van der Waals surface area (Å²) in [5.74, 6) is 1.49. The number of nitrogens with zero attached hydrogens (tertiary/aromatic N) is 2. The summed E-state index contributed by atoms with van der Waals surface area (Å²) in [6, 6.07) is 5.95. The molecule has 3 nitrogen and oxygen atoms in total. The number of fused-ring (bicyclic) bond motifs is 1. The first kappa shape index (κ1) is 13.1. The quantitative estimate of drug-likeness (QED) is 0.567. The molecule has 0 fully saturated rings. The largest absolute Gasteiger partial charge is 0.437 e. The maximum absolute atomic E-state index is 5.95. The van der Waals surface area contributed by atoms with Crippen LogP contribution in [-0.2, 0) is 5.33 Å². The maximum Gasteiger partial charge on any atom is 0.243 e. The molecule has 0 N–H and O–H groups in total. The Morgan fingerprint density at radius 2 is 2.26 bits per heavy atom. The predicted molar refractivity (Wildman–Crippen MR) is 84.7 cm³/mol. The van der Waals surface area contributed by atoms with Crippen molar-refractivity contribution >= 4 is 48.2 Å². The second-order valence-electron chi connectivity index (χ2n) is 4.06. The Kier molecular flexibility index (Phi) is 3.64. The van der Waals surface area contributed by atoms with Crippen molar-refractivity contribution in [2.45, 2.75) is 12.3 Å². The Balaban J connectivity index is 2.02. The lowest BCUT2D eigenvalue weighted by atomic mass is 10.2. The molecular formula is C13H10Br2N2OS. The van der Waals surface area contributed by atoms with E-state index in [-0.39, 0.29) is 0 Å². The van der Waals surface area contributed by atoms with Gasteiger partial charge in [-0.2, -0.15) is 4.98 Å². The number of hydrogen-bond acceptors (Lipinski definition) is 3. The molecule has 2 aromatic heterocycles. The van der Waals surface area contributed by atoms with Crippen molar-refractivity contribution in [3.8, 4) is 11.6 Å². The highest BCUT2D eigenvalue weighted by atomic mass is 79.9. The van der Waals surface area contributed by atoms with Gasteiger partial charge in [-0.15, -0.1) is 11.3 Å². The molecule has 0 unspecified atom stereocenters. The minimum Gasteiger partial charge on any atom is -0.437 e. The van der Waals surface area contributed by atoms with E-state index in [9.17, 15) is 0 Å². The fourth-order valence-electron chi connectivity index (χ4n) is 1.85. The number of alkyl halides is 1. The van der Waals surface area contributed by atoms with Gasteiger partial charge in [0, 0.05) is 21.4 Å². The number of benzene rings is 1. The summed E-state index contributed by atoms with van der Waals surface area (Å²) in [4.78, 5) is 5.46. The monoisotopic (exact) mass is 400 g/mol. The van der Waals surface area contributed by atoms with Crippen LogP contribution in [0.25, 0.3) is 4.96 Å². The molecule has 0 saturated carbocycles. The van der Waals surface area contributed by atoms with Crippen LogP contribution in [0.15, 0.2) is 34.2 Å². The second kappa shape index (κ2) is 5.26. The molecule has 3 rings (SSSR count). The van der Waals surface area contributed by atoms with E-state index in [1.165, 1.54) is 0 Å². The van der Waals surface area contributed by atoms with Gasteiger partial charge in [0.25, 0.3) is 0 Å². The van der Waals surface area contributed by atoms with Crippen LogP contribution in [0.3, 0.4) is 0 Å². The van der Waals surface area contributed by atoms with Gasteiger partial charge in [-0.1, -0.05) is 31.9 Å². The number of aryl methyl sites for hydroxylation is 1. The number of ether oxygens (including phenoxy) is 1. The first-order valence-electron chi connectivity index (χ1n) is 5.63. The predicted octanol–water partition coefficient (Wildman–Crippen LogP) is 5.15. The Morgan fingerprint density at radius 1 is 1.42 bits per heavy atom. The average molecular weight is 402 g/mol. The summed E-state index contributed by atoms with van der Waals surface area (Å²) >= 11 is 8.54. The summed E-state index contributed by atoms with van der Waals surface area (Å²) in [5, 5.41) is 2.72. The normalized spacial score (nSPS) is 11.1. The van der Waals surface area contributed by atoms with Crippen LogP contribution in [0.1, 0.15) is 11.3 Å². The van der Waals surface area contributed by atoms with Crippen molar-refractivity contribution in [1.29, 1.82) is 0 Å². The molecule has 2 heterocycles. The molecule has 0 amide bonds. The van der Waals surface area contributed by atoms with Crippen molar-refractivity contribution in [3.63, 3.8) is 0 Å². The van der Waals surface area contributed by atoms with Gasteiger partial charge < -0.3 is 4.74 Å². The van der Waals surface area contributed by atoms with Gasteiger partial charge in [-0.3, -0.25) is 4.40 Å². The molecule has 0 aliphatic rings. The second-order valence-corrected chi connectivity index (χ2v) is 6.41. The highest BCUT2D eigenvalue weighted by Gasteiger charge is 2.14. The lowest BCUT2D eigenvalue weighted by Crippen LogP contribution is -1.92. The molecule has 0 aliphatic carbocycles. The topological polar surface area (TPSA) is 26.5 Å². The van der Waals surface area contributed by atoms with Crippen molar-refractivity contribution in [3.05, 3.63) is 45.5 Å². The van der Waals surface area contributed by atoms with Gasteiger partial charge in [0.05, 0.1) is 5.69 Å². The maximum atomic E-state index is 5.95. The van der Waals surface area contributed by atoms with Crippen LogP contribution in [0.4, 0.5) is 0 Å². The third-order valence-electron chi connectivity index (χ3n) is 2.79. The lowest BCUT2D eigenvalue weighted by Gasteiger charge is -2.07. The molecule has 0 saturated heterocycles. The first-order chi connectivity index (χ1) is 9.19. The average Bonchev–Trinajstić information content (AvgIpc) is 2.92. The van der Waals surface area contributed by atoms with Gasteiger partial charge in [0.2, 0.25) is 5.88 Å². The van der Waals surface area contributed by atoms with Gasteiger partial charge in [0.15, 0.2) is 4.96 Å². The molecule has 0 spiro atoms. The fourth-order valence-corrected chi connectivity index (χ4v) is 3.56.